The van der Waals surface area contributed by atoms with E-state index in [9.17, 15) is 0 Å². The largest absolute Gasteiger partial charge is 0.365 e. The Balaban J connectivity index is 2.42. The number of hydrogen-bond donors (Lipinski definition) is 0. The van der Waals surface area contributed by atoms with E-state index in [1.165, 1.54) is 0 Å². The van der Waals surface area contributed by atoms with Crippen LogP contribution >= 0.6 is 45.2 Å². The average Bonchev–Trinajstić information content (AvgIpc) is 2.44. The number of alkyl halides is 2. The summed E-state index contributed by atoms with van der Waals surface area (Å²) in [5, 5.41) is 0. The maximum atomic E-state index is 6.40. The molecule has 0 aromatic carbocycles. The van der Waals surface area contributed by atoms with Gasteiger partial charge in [0.2, 0.25) is 0 Å². The fraction of sp³-hybridized carbons (Fsp3) is 1.00. The lowest BCUT2D eigenvalue weighted by atomic mass is 9.81. The summed E-state index contributed by atoms with van der Waals surface area (Å²) in [6.07, 6.45) is 2.02. The molecule has 0 aliphatic carbocycles. The minimum Gasteiger partial charge on any atom is -0.365 e. The smallest absolute Gasteiger partial charge is 0.110 e. The Morgan fingerprint density at radius 1 is 0.812 bits per heavy atom. The molecule has 2 fully saturated rings. The topological polar surface area (TPSA) is 18.5 Å². The van der Waals surface area contributed by atoms with Gasteiger partial charge < -0.3 is 9.47 Å². The highest BCUT2D eigenvalue weighted by Crippen LogP contribution is 2.58. The van der Waals surface area contributed by atoms with Crippen molar-refractivity contribution < 1.29 is 9.47 Å². The zero-order valence-electron chi connectivity index (χ0n) is 10.4. The third-order valence-electron chi connectivity index (χ3n) is 3.63. The van der Waals surface area contributed by atoms with Crippen molar-refractivity contribution in [2.24, 2.45) is 0 Å². The standard InChI is InChI=1S/C12H20I2O2/c1-9(2)5-11(7-13)12(8-14,15-9)6-10(3,4)16-11/h5-8H2,1-4H3/t11-,12-/m1/s1. The molecule has 0 aromatic rings. The van der Waals surface area contributed by atoms with E-state index in [1.54, 1.807) is 0 Å². The van der Waals surface area contributed by atoms with Gasteiger partial charge in [0.05, 0.1) is 11.2 Å². The fourth-order valence-electron chi connectivity index (χ4n) is 3.48. The van der Waals surface area contributed by atoms with Crippen molar-refractivity contribution in [2.45, 2.75) is 62.9 Å². The summed E-state index contributed by atoms with van der Waals surface area (Å²) in [4.78, 5) is 0. The van der Waals surface area contributed by atoms with Crippen LogP contribution in [0.4, 0.5) is 0 Å². The van der Waals surface area contributed by atoms with Gasteiger partial charge in [0.15, 0.2) is 0 Å². The molecule has 2 aliphatic heterocycles. The Morgan fingerprint density at radius 3 is 1.38 bits per heavy atom. The lowest BCUT2D eigenvalue weighted by Gasteiger charge is -2.34. The third kappa shape index (κ3) is 1.95. The van der Waals surface area contributed by atoms with E-state index in [4.69, 9.17) is 9.47 Å². The molecule has 0 spiro atoms. The molecule has 0 bridgehead atoms. The predicted octanol–water partition coefficient (Wildman–Crippen LogP) is 3.73. The molecule has 2 rings (SSSR count). The molecule has 0 amide bonds. The van der Waals surface area contributed by atoms with Crippen LogP contribution in [0.1, 0.15) is 40.5 Å². The molecule has 0 saturated carbocycles. The summed E-state index contributed by atoms with van der Waals surface area (Å²) in [7, 11) is 0. The van der Waals surface area contributed by atoms with Gasteiger partial charge in [0.1, 0.15) is 11.2 Å². The molecular weight excluding hydrogens is 430 g/mol. The number of hydrogen-bond acceptors (Lipinski definition) is 2. The molecule has 94 valence electrons. The molecule has 4 heteroatoms. The van der Waals surface area contributed by atoms with Crippen LogP contribution in [-0.4, -0.2) is 31.3 Å². The van der Waals surface area contributed by atoms with Crippen molar-refractivity contribution >= 4 is 45.2 Å². The lowest BCUT2D eigenvalue weighted by Crippen LogP contribution is -2.50. The second kappa shape index (κ2) is 3.93. The van der Waals surface area contributed by atoms with Crippen molar-refractivity contribution in [3.63, 3.8) is 0 Å². The Kier molecular flexibility index (Phi) is 3.39. The van der Waals surface area contributed by atoms with Gasteiger partial charge in [-0.1, -0.05) is 45.2 Å². The molecule has 16 heavy (non-hydrogen) atoms. The number of fused-ring (bicyclic) bond motifs is 1. The van der Waals surface area contributed by atoms with Gasteiger partial charge in [-0.2, -0.15) is 0 Å². The Morgan fingerprint density at radius 2 is 1.12 bits per heavy atom. The van der Waals surface area contributed by atoms with E-state index in [1.807, 2.05) is 0 Å². The monoisotopic (exact) mass is 450 g/mol. The first-order valence-corrected chi connectivity index (χ1v) is 8.77. The van der Waals surface area contributed by atoms with Crippen molar-refractivity contribution in [1.29, 1.82) is 0 Å². The normalized spacial score (nSPS) is 44.6. The molecule has 2 saturated heterocycles. The summed E-state index contributed by atoms with van der Waals surface area (Å²) in [5.74, 6) is 0. The Labute approximate surface area is 125 Å². The average molecular weight is 450 g/mol. The van der Waals surface area contributed by atoms with Crippen LogP contribution in [0, 0.1) is 0 Å². The van der Waals surface area contributed by atoms with E-state index in [0.29, 0.717) is 0 Å². The van der Waals surface area contributed by atoms with Crippen molar-refractivity contribution in [3.8, 4) is 0 Å². The van der Waals surface area contributed by atoms with Crippen LogP contribution in [0.3, 0.4) is 0 Å². The fourth-order valence-corrected chi connectivity index (χ4v) is 5.72. The van der Waals surface area contributed by atoms with E-state index in [-0.39, 0.29) is 22.4 Å². The van der Waals surface area contributed by atoms with E-state index < -0.39 is 0 Å². The first-order valence-electron chi connectivity index (χ1n) is 5.72. The highest BCUT2D eigenvalue weighted by atomic mass is 127. The third-order valence-corrected chi connectivity index (χ3v) is 6.09. The first kappa shape index (κ1) is 13.8. The van der Waals surface area contributed by atoms with Gasteiger partial charge in [-0.3, -0.25) is 0 Å². The van der Waals surface area contributed by atoms with Crippen molar-refractivity contribution in [1.82, 2.24) is 0 Å². The van der Waals surface area contributed by atoms with Crippen LogP contribution in [0.5, 0.6) is 0 Å². The lowest BCUT2D eigenvalue weighted by molar-refractivity contribution is -0.102. The highest BCUT2D eigenvalue weighted by Gasteiger charge is 2.68. The van der Waals surface area contributed by atoms with Gasteiger partial charge in [0.25, 0.3) is 0 Å². The van der Waals surface area contributed by atoms with Crippen LogP contribution < -0.4 is 0 Å². The Hall–Kier alpha value is 1.38. The van der Waals surface area contributed by atoms with Gasteiger partial charge in [-0.25, -0.2) is 0 Å². The zero-order valence-corrected chi connectivity index (χ0v) is 14.7. The van der Waals surface area contributed by atoms with Crippen LogP contribution in [0.2, 0.25) is 0 Å². The quantitative estimate of drug-likeness (QED) is 0.472. The minimum absolute atomic E-state index is 0.0488. The van der Waals surface area contributed by atoms with Crippen molar-refractivity contribution in [3.05, 3.63) is 0 Å². The van der Waals surface area contributed by atoms with E-state index in [0.717, 1.165) is 21.7 Å². The summed E-state index contributed by atoms with van der Waals surface area (Å²) >= 11 is 4.91. The number of halogens is 2. The van der Waals surface area contributed by atoms with Crippen molar-refractivity contribution in [2.75, 3.05) is 8.86 Å². The molecule has 2 heterocycles. The summed E-state index contributed by atoms with van der Waals surface area (Å²) in [5.41, 5.74) is -0.261. The zero-order chi connectivity index (χ0) is 12.2. The second-order valence-electron chi connectivity index (χ2n) is 6.33. The number of rotatable bonds is 2. The van der Waals surface area contributed by atoms with Crippen LogP contribution in [0.25, 0.3) is 0 Å². The minimum atomic E-state index is -0.0816. The van der Waals surface area contributed by atoms with Gasteiger partial charge in [-0.15, -0.1) is 0 Å². The maximum absolute atomic E-state index is 6.40. The summed E-state index contributed by atoms with van der Waals surface area (Å²) in [6, 6.07) is 0. The Bertz CT molecular complexity index is 253. The molecule has 2 nitrogen and oxygen atoms in total. The maximum Gasteiger partial charge on any atom is 0.110 e. The molecule has 0 aromatic heterocycles. The molecule has 0 unspecified atom stereocenters. The molecule has 0 N–H and O–H groups in total. The molecule has 0 radical (unpaired) electrons. The predicted molar refractivity (Wildman–Crippen MR) is 82.8 cm³/mol. The van der Waals surface area contributed by atoms with Gasteiger partial charge in [-0.05, 0) is 27.7 Å². The first-order chi connectivity index (χ1) is 7.20. The molecule has 2 atom stereocenters. The SMILES string of the molecule is CC1(C)C[C@]2(CI)OC(C)(C)C[C@]2(CI)O1. The summed E-state index contributed by atoms with van der Waals surface area (Å²) < 4.78 is 14.8. The molecule has 2 aliphatic rings. The van der Waals surface area contributed by atoms with Gasteiger partial charge >= 0.3 is 0 Å². The van der Waals surface area contributed by atoms with E-state index >= 15 is 0 Å². The summed E-state index contributed by atoms with van der Waals surface area (Å²) in [6.45, 7) is 8.74. The van der Waals surface area contributed by atoms with E-state index in [2.05, 4.69) is 72.9 Å². The number of ether oxygens (including phenoxy) is 2. The van der Waals surface area contributed by atoms with Crippen LogP contribution in [-0.2, 0) is 9.47 Å². The van der Waals surface area contributed by atoms with Crippen LogP contribution in [0.15, 0.2) is 0 Å². The van der Waals surface area contributed by atoms with Gasteiger partial charge in [0, 0.05) is 21.7 Å². The molecular formula is C12H20I2O2. The highest BCUT2D eigenvalue weighted by molar-refractivity contribution is 14.1. The second-order valence-corrected chi connectivity index (χ2v) is 7.86.